The number of H-pyrrole nitrogens is 1. The van der Waals surface area contributed by atoms with Crippen molar-refractivity contribution in [2.45, 2.75) is 34.2 Å². The molecule has 132 valence electrons. The van der Waals surface area contributed by atoms with Crippen molar-refractivity contribution in [2.24, 2.45) is 0 Å². The molecule has 2 rings (SSSR count). The highest BCUT2D eigenvalue weighted by Crippen LogP contribution is 2.19. The maximum atomic E-state index is 12.1. The minimum absolute atomic E-state index is 0.124. The highest BCUT2D eigenvalue weighted by Gasteiger charge is 2.21. The average Bonchev–Trinajstić information content (AvgIpc) is 2.86. The van der Waals surface area contributed by atoms with Crippen LogP contribution in [0.1, 0.15) is 50.2 Å². The van der Waals surface area contributed by atoms with Crippen molar-refractivity contribution in [3.63, 3.8) is 0 Å². The quantitative estimate of drug-likeness (QED) is 0.624. The van der Waals surface area contributed by atoms with Crippen molar-refractivity contribution in [2.75, 3.05) is 6.61 Å². The predicted molar refractivity (Wildman–Crippen MR) is 93.6 cm³/mol. The fourth-order valence-electron chi connectivity index (χ4n) is 2.74. The number of hydrogen-bond donors (Lipinski definition) is 2. The molecule has 0 saturated carbocycles. The molecule has 0 spiro atoms. The predicted octanol–water partition coefficient (Wildman–Crippen LogP) is 2.62. The first kappa shape index (κ1) is 18.4. The minimum Gasteiger partial charge on any atom is -0.451 e. The van der Waals surface area contributed by atoms with Crippen molar-refractivity contribution < 1.29 is 19.1 Å². The Morgan fingerprint density at radius 2 is 1.80 bits per heavy atom. The fraction of sp³-hybridized carbons (Fsp3) is 0.316. The first-order valence-corrected chi connectivity index (χ1v) is 7.99. The van der Waals surface area contributed by atoms with Gasteiger partial charge in [-0.3, -0.25) is 9.59 Å². The van der Waals surface area contributed by atoms with E-state index in [9.17, 15) is 14.4 Å². The molecule has 0 radical (unpaired) electrons. The zero-order valence-electron chi connectivity index (χ0n) is 14.9. The van der Waals surface area contributed by atoms with Crippen LogP contribution in [0.2, 0.25) is 0 Å². The number of nitrogens with one attached hydrogen (secondary N) is 2. The number of Topliss-reactive ketones (excluding diaryl/α,β-unsaturated/α-hetero) is 1. The van der Waals surface area contributed by atoms with Gasteiger partial charge in [-0.1, -0.05) is 24.3 Å². The van der Waals surface area contributed by atoms with Gasteiger partial charge in [0.2, 0.25) is 0 Å². The molecular formula is C19H22N2O4. The molecule has 0 fully saturated rings. The van der Waals surface area contributed by atoms with Gasteiger partial charge in [-0.15, -0.1) is 0 Å². The molecule has 6 heteroatoms. The Morgan fingerprint density at radius 1 is 1.12 bits per heavy atom. The van der Waals surface area contributed by atoms with Crippen LogP contribution in [0.15, 0.2) is 24.3 Å². The highest BCUT2D eigenvalue weighted by atomic mass is 16.5. The highest BCUT2D eigenvalue weighted by molar-refractivity contribution is 6.01. The van der Waals surface area contributed by atoms with E-state index < -0.39 is 5.97 Å². The number of carbonyl (C=O) groups is 3. The summed E-state index contributed by atoms with van der Waals surface area (Å²) in [6.07, 6.45) is 0. The molecule has 1 aromatic heterocycles. The van der Waals surface area contributed by atoms with Crippen LogP contribution in [-0.4, -0.2) is 29.3 Å². The van der Waals surface area contributed by atoms with Crippen LogP contribution in [0.25, 0.3) is 0 Å². The summed E-state index contributed by atoms with van der Waals surface area (Å²) < 4.78 is 5.04. The minimum atomic E-state index is -0.654. The number of carbonyl (C=O) groups excluding carboxylic acids is 3. The second-order valence-electron chi connectivity index (χ2n) is 5.96. The molecule has 0 atom stereocenters. The third-order valence-electron chi connectivity index (χ3n) is 4.07. The van der Waals surface area contributed by atoms with Gasteiger partial charge in [0.25, 0.3) is 5.91 Å². The topological polar surface area (TPSA) is 88.3 Å². The average molecular weight is 342 g/mol. The van der Waals surface area contributed by atoms with Gasteiger partial charge in [0, 0.05) is 17.8 Å². The second-order valence-corrected chi connectivity index (χ2v) is 5.96. The zero-order valence-corrected chi connectivity index (χ0v) is 14.9. The van der Waals surface area contributed by atoms with Crippen LogP contribution in [-0.2, 0) is 16.1 Å². The molecule has 1 heterocycles. The first-order valence-electron chi connectivity index (χ1n) is 7.99. The SMILES string of the molecule is CC(=O)c1c(C)[nH]c(C(=O)OCC(=O)NCc2ccccc2C)c1C. The number of hydrogen-bond acceptors (Lipinski definition) is 4. The van der Waals surface area contributed by atoms with Crippen molar-refractivity contribution in [1.82, 2.24) is 10.3 Å². The maximum absolute atomic E-state index is 12.1. The van der Waals surface area contributed by atoms with E-state index in [1.165, 1.54) is 6.92 Å². The molecule has 6 nitrogen and oxygen atoms in total. The van der Waals surface area contributed by atoms with Gasteiger partial charge < -0.3 is 15.0 Å². The summed E-state index contributed by atoms with van der Waals surface area (Å²) in [6.45, 7) is 6.79. The maximum Gasteiger partial charge on any atom is 0.355 e. The molecule has 0 aliphatic rings. The lowest BCUT2D eigenvalue weighted by atomic mass is 10.1. The van der Waals surface area contributed by atoms with E-state index >= 15 is 0 Å². The Labute approximate surface area is 146 Å². The van der Waals surface area contributed by atoms with Crippen LogP contribution < -0.4 is 5.32 Å². The third-order valence-corrected chi connectivity index (χ3v) is 4.07. The lowest BCUT2D eigenvalue weighted by molar-refractivity contribution is -0.124. The molecule has 0 saturated heterocycles. The number of ether oxygens (including phenoxy) is 1. The molecule has 2 aromatic rings. The Balaban J connectivity index is 1.92. The molecule has 25 heavy (non-hydrogen) atoms. The van der Waals surface area contributed by atoms with E-state index in [1.807, 2.05) is 31.2 Å². The lowest BCUT2D eigenvalue weighted by Gasteiger charge is -2.08. The van der Waals surface area contributed by atoms with E-state index in [4.69, 9.17) is 4.74 Å². The van der Waals surface area contributed by atoms with Gasteiger partial charge in [-0.25, -0.2) is 4.79 Å². The molecule has 0 aliphatic heterocycles. The number of aryl methyl sites for hydroxylation is 2. The largest absolute Gasteiger partial charge is 0.451 e. The molecule has 0 aliphatic carbocycles. The van der Waals surface area contributed by atoms with Gasteiger partial charge in [-0.05, 0) is 44.4 Å². The number of aromatic amines is 1. The van der Waals surface area contributed by atoms with E-state index in [0.29, 0.717) is 23.4 Å². The number of amides is 1. The summed E-state index contributed by atoms with van der Waals surface area (Å²) in [5, 5.41) is 2.72. The molecule has 1 aromatic carbocycles. The van der Waals surface area contributed by atoms with E-state index in [1.54, 1.807) is 13.8 Å². The van der Waals surface area contributed by atoms with Crippen molar-refractivity contribution in [1.29, 1.82) is 0 Å². The molecule has 1 amide bonds. The summed E-state index contributed by atoms with van der Waals surface area (Å²) in [4.78, 5) is 38.5. The Hall–Kier alpha value is -2.89. The molecular weight excluding hydrogens is 320 g/mol. The van der Waals surface area contributed by atoms with Crippen molar-refractivity contribution in [3.05, 3.63) is 57.9 Å². The van der Waals surface area contributed by atoms with E-state index in [2.05, 4.69) is 10.3 Å². The van der Waals surface area contributed by atoms with Crippen LogP contribution in [0.5, 0.6) is 0 Å². The summed E-state index contributed by atoms with van der Waals surface area (Å²) in [7, 11) is 0. The molecule has 0 unspecified atom stereocenters. The zero-order chi connectivity index (χ0) is 18.6. The van der Waals surface area contributed by atoms with Crippen LogP contribution in [0.3, 0.4) is 0 Å². The van der Waals surface area contributed by atoms with Crippen molar-refractivity contribution >= 4 is 17.7 Å². The first-order chi connectivity index (χ1) is 11.8. The summed E-state index contributed by atoms with van der Waals surface area (Å²) in [5.74, 6) is -1.16. The van der Waals surface area contributed by atoms with Crippen LogP contribution in [0, 0.1) is 20.8 Å². The number of aromatic nitrogens is 1. The number of ketones is 1. The van der Waals surface area contributed by atoms with E-state index in [0.717, 1.165) is 11.1 Å². The Kier molecular flexibility index (Phi) is 5.75. The summed E-state index contributed by atoms with van der Waals surface area (Å²) >= 11 is 0. The Morgan fingerprint density at radius 3 is 2.40 bits per heavy atom. The van der Waals surface area contributed by atoms with Gasteiger partial charge >= 0.3 is 5.97 Å². The molecule has 0 bridgehead atoms. The second kappa shape index (κ2) is 7.79. The van der Waals surface area contributed by atoms with Gasteiger partial charge in [-0.2, -0.15) is 0 Å². The molecule has 2 N–H and O–H groups in total. The van der Waals surface area contributed by atoms with Crippen LogP contribution in [0.4, 0.5) is 0 Å². The number of rotatable bonds is 6. The standard InChI is InChI=1S/C19H22N2O4/c1-11-7-5-6-8-15(11)9-20-16(23)10-25-19(24)18-12(2)17(14(4)22)13(3)21-18/h5-8,21H,9-10H2,1-4H3,(H,20,23). The van der Waals surface area contributed by atoms with Gasteiger partial charge in [0.1, 0.15) is 5.69 Å². The van der Waals surface area contributed by atoms with Gasteiger partial charge in [0.15, 0.2) is 12.4 Å². The van der Waals surface area contributed by atoms with Crippen LogP contribution >= 0.6 is 0 Å². The summed E-state index contributed by atoms with van der Waals surface area (Å²) in [5.41, 5.74) is 3.92. The third kappa shape index (κ3) is 4.35. The Bertz CT molecular complexity index is 821. The van der Waals surface area contributed by atoms with Gasteiger partial charge in [0.05, 0.1) is 0 Å². The van der Waals surface area contributed by atoms with Crippen molar-refractivity contribution in [3.8, 4) is 0 Å². The monoisotopic (exact) mass is 342 g/mol. The lowest BCUT2D eigenvalue weighted by Crippen LogP contribution is -2.28. The smallest absolute Gasteiger partial charge is 0.355 e. The number of esters is 1. The fourth-order valence-corrected chi connectivity index (χ4v) is 2.74. The normalized spacial score (nSPS) is 10.4. The van der Waals surface area contributed by atoms with E-state index in [-0.39, 0.29) is 24.0 Å². The summed E-state index contributed by atoms with van der Waals surface area (Å²) in [6, 6.07) is 7.72. The number of benzene rings is 1.